The van der Waals surface area contributed by atoms with Crippen LogP contribution in [0.25, 0.3) is 0 Å². The van der Waals surface area contributed by atoms with Gasteiger partial charge in [0.05, 0.1) is 18.4 Å². The van der Waals surface area contributed by atoms with E-state index in [0.717, 1.165) is 70.2 Å². The largest absolute Gasteiger partial charge is 0.381 e. The molecule has 3 atom stereocenters. The second kappa shape index (κ2) is 8.12. The monoisotopic (exact) mass is 346 g/mol. The highest BCUT2D eigenvalue weighted by Gasteiger charge is 2.44. The van der Waals surface area contributed by atoms with Gasteiger partial charge in [-0.2, -0.15) is 0 Å². The summed E-state index contributed by atoms with van der Waals surface area (Å²) in [4.78, 5) is 7.21. The van der Waals surface area contributed by atoms with Crippen LogP contribution in [-0.4, -0.2) is 61.1 Å². The van der Waals surface area contributed by atoms with Gasteiger partial charge in [-0.3, -0.25) is 9.88 Å². The summed E-state index contributed by atoms with van der Waals surface area (Å²) in [5, 5.41) is 0. The molecular formula is C20H30N2O3. The molecule has 3 saturated heterocycles. The van der Waals surface area contributed by atoms with E-state index in [4.69, 9.17) is 14.2 Å². The average Bonchev–Trinajstić information content (AvgIpc) is 2.99. The molecule has 0 amide bonds. The molecule has 4 rings (SSSR count). The Morgan fingerprint density at radius 3 is 2.92 bits per heavy atom. The van der Waals surface area contributed by atoms with Crippen LogP contribution in [0.1, 0.15) is 37.1 Å². The molecule has 3 aliphatic rings. The summed E-state index contributed by atoms with van der Waals surface area (Å²) in [7, 11) is 0. The van der Waals surface area contributed by atoms with Crippen molar-refractivity contribution < 1.29 is 14.2 Å². The molecule has 0 spiro atoms. The smallest absolute Gasteiger partial charge is 0.100 e. The highest BCUT2D eigenvalue weighted by atomic mass is 16.5. The van der Waals surface area contributed by atoms with Gasteiger partial charge in [0.25, 0.3) is 0 Å². The molecule has 138 valence electrons. The maximum absolute atomic E-state index is 6.36. The van der Waals surface area contributed by atoms with Crippen molar-refractivity contribution >= 4 is 0 Å². The maximum atomic E-state index is 6.36. The minimum atomic E-state index is 0.193. The Kier molecular flexibility index (Phi) is 5.66. The molecule has 3 fully saturated rings. The fraction of sp³-hybridized carbons (Fsp3) is 0.750. The highest BCUT2D eigenvalue weighted by molar-refractivity contribution is 5.11. The summed E-state index contributed by atoms with van der Waals surface area (Å²) in [5.41, 5.74) is 2.23. The third-order valence-corrected chi connectivity index (χ3v) is 5.78. The standard InChI is InChI=1S/C20H30N2O3/c1-15-4-2-5-17(21-15)12-22-13-19(20-18(22)6-3-9-24-20)25-14-16-7-10-23-11-8-16/h2,4-5,16,18-20H,3,6-14H2,1H3/t18-,19+,20+/m0/s1. The molecule has 1 aromatic rings. The number of pyridine rings is 1. The number of hydrogen-bond donors (Lipinski definition) is 0. The molecule has 0 saturated carbocycles. The van der Waals surface area contributed by atoms with Gasteiger partial charge < -0.3 is 14.2 Å². The summed E-state index contributed by atoms with van der Waals surface area (Å²) < 4.78 is 18.0. The number of aryl methyl sites for hydroxylation is 1. The molecule has 0 aromatic carbocycles. The maximum Gasteiger partial charge on any atom is 0.100 e. The zero-order valence-electron chi connectivity index (χ0n) is 15.2. The molecule has 0 bridgehead atoms. The lowest BCUT2D eigenvalue weighted by atomic mass is 10.0. The second-order valence-corrected chi connectivity index (χ2v) is 7.67. The number of nitrogens with zero attached hydrogens (tertiary/aromatic N) is 2. The van der Waals surface area contributed by atoms with E-state index in [2.05, 4.69) is 35.0 Å². The van der Waals surface area contributed by atoms with E-state index in [-0.39, 0.29) is 12.2 Å². The molecule has 3 aliphatic heterocycles. The SMILES string of the molecule is Cc1cccc(CN2C[C@@H](OCC3CCOCC3)[C@@H]3OCCC[C@@H]32)n1. The summed E-state index contributed by atoms with van der Waals surface area (Å²) in [6.45, 7) is 7.38. The molecular weight excluding hydrogens is 316 g/mol. The minimum Gasteiger partial charge on any atom is -0.381 e. The molecule has 4 heterocycles. The van der Waals surface area contributed by atoms with E-state index < -0.39 is 0 Å². The molecule has 0 radical (unpaired) electrons. The first-order chi connectivity index (χ1) is 12.3. The van der Waals surface area contributed by atoms with Crippen molar-refractivity contribution in [2.75, 3.05) is 33.0 Å². The first-order valence-electron chi connectivity index (χ1n) is 9.77. The Balaban J connectivity index is 1.38. The lowest BCUT2D eigenvalue weighted by molar-refractivity contribution is -0.0892. The van der Waals surface area contributed by atoms with Gasteiger partial charge in [-0.25, -0.2) is 0 Å². The van der Waals surface area contributed by atoms with E-state index in [1.54, 1.807) is 0 Å². The number of aromatic nitrogens is 1. The molecule has 1 aromatic heterocycles. The van der Waals surface area contributed by atoms with Crippen LogP contribution in [0.3, 0.4) is 0 Å². The average molecular weight is 346 g/mol. The third-order valence-electron chi connectivity index (χ3n) is 5.78. The molecule has 0 unspecified atom stereocenters. The Morgan fingerprint density at radius 2 is 2.08 bits per heavy atom. The summed E-state index contributed by atoms with van der Waals surface area (Å²) in [6.07, 6.45) is 5.01. The first-order valence-corrected chi connectivity index (χ1v) is 9.77. The van der Waals surface area contributed by atoms with Crippen LogP contribution >= 0.6 is 0 Å². The van der Waals surface area contributed by atoms with E-state index in [0.29, 0.717) is 12.0 Å². The van der Waals surface area contributed by atoms with E-state index >= 15 is 0 Å². The van der Waals surface area contributed by atoms with Crippen LogP contribution in [0.2, 0.25) is 0 Å². The summed E-state index contributed by atoms with van der Waals surface area (Å²) in [6, 6.07) is 6.75. The fourth-order valence-electron chi connectivity index (χ4n) is 4.40. The Hall–Kier alpha value is -1.01. The zero-order valence-corrected chi connectivity index (χ0v) is 15.2. The number of rotatable bonds is 5. The predicted octanol–water partition coefficient (Wildman–Crippen LogP) is 2.57. The van der Waals surface area contributed by atoms with Gasteiger partial charge in [0, 0.05) is 44.6 Å². The number of hydrogen-bond acceptors (Lipinski definition) is 5. The number of likely N-dealkylation sites (tertiary alicyclic amines) is 1. The van der Waals surface area contributed by atoms with Crippen molar-refractivity contribution in [3.63, 3.8) is 0 Å². The minimum absolute atomic E-state index is 0.193. The lowest BCUT2D eigenvalue weighted by Gasteiger charge is -2.32. The third kappa shape index (κ3) is 4.22. The van der Waals surface area contributed by atoms with Crippen LogP contribution in [-0.2, 0) is 20.8 Å². The van der Waals surface area contributed by atoms with Gasteiger partial charge >= 0.3 is 0 Å². The molecule has 0 aliphatic carbocycles. The van der Waals surface area contributed by atoms with Gasteiger partial charge in [-0.1, -0.05) is 6.07 Å². The van der Waals surface area contributed by atoms with Crippen molar-refractivity contribution in [1.29, 1.82) is 0 Å². The molecule has 5 nitrogen and oxygen atoms in total. The Morgan fingerprint density at radius 1 is 1.20 bits per heavy atom. The van der Waals surface area contributed by atoms with E-state index in [1.165, 1.54) is 6.42 Å². The Labute approximate surface area is 150 Å². The normalized spacial score (nSPS) is 31.2. The van der Waals surface area contributed by atoms with Gasteiger partial charge in [0.15, 0.2) is 0 Å². The van der Waals surface area contributed by atoms with E-state index in [1.807, 2.05) is 0 Å². The second-order valence-electron chi connectivity index (χ2n) is 7.67. The first kappa shape index (κ1) is 17.4. The van der Waals surface area contributed by atoms with Crippen molar-refractivity contribution in [3.8, 4) is 0 Å². The van der Waals surface area contributed by atoms with Gasteiger partial charge in [-0.05, 0) is 50.7 Å². The van der Waals surface area contributed by atoms with Gasteiger partial charge in [0.2, 0.25) is 0 Å². The topological polar surface area (TPSA) is 43.8 Å². The quantitative estimate of drug-likeness (QED) is 0.820. The van der Waals surface area contributed by atoms with Crippen molar-refractivity contribution in [2.24, 2.45) is 5.92 Å². The Bertz CT molecular complexity index is 562. The van der Waals surface area contributed by atoms with Crippen molar-refractivity contribution in [2.45, 2.75) is 57.4 Å². The van der Waals surface area contributed by atoms with Crippen LogP contribution in [0.5, 0.6) is 0 Å². The van der Waals surface area contributed by atoms with E-state index in [9.17, 15) is 0 Å². The summed E-state index contributed by atoms with van der Waals surface area (Å²) >= 11 is 0. The van der Waals surface area contributed by atoms with Crippen molar-refractivity contribution in [3.05, 3.63) is 29.6 Å². The van der Waals surface area contributed by atoms with Gasteiger partial charge in [-0.15, -0.1) is 0 Å². The van der Waals surface area contributed by atoms with Gasteiger partial charge in [0.1, 0.15) is 6.10 Å². The number of ether oxygens (including phenoxy) is 3. The van der Waals surface area contributed by atoms with Crippen molar-refractivity contribution in [1.82, 2.24) is 9.88 Å². The van der Waals surface area contributed by atoms with Crippen LogP contribution < -0.4 is 0 Å². The predicted molar refractivity (Wildman–Crippen MR) is 95.4 cm³/mol. The molecule has 0 N–H and O–H groups in total. The summed E-state index contributed by atoms with van der Waals surface area (Å²) in [5.74, 6) is 0.642. The molecule has 5 heteroatoms. The highest BCUT2D eigenvalue weighted by Crippen LogP contribution is 2.32. The fourth-order valence-corrected chi connectivity index (χ4v) is 4.40. The zero-order chi connectivity index (χ0) is 17.1. The van der Waals surface area contributed by atoms with Crippen LogP contribution in [0, 0.1) is 12.8 Å². The molecule has 25 heavy (non-hydrogen) atoms. The van der Waals surface area contributed by atoms with Crippen LogP contribution in [0.15, 0.2) is 18.2 Å². The van der Waals surface area contributed by atoms with Crippen LogP contribution in [0.4, 0.5) is 0 Å². The number of fused-ring (bicyclic) bond motifs is 1. The lowest BCUT2D eigenvalue weighted by Crippen LogP contribution is -2.42.